The molecule has 1 aromatic rings. The van der Waals surface area contributed by atoms with Gasteiger partial charge in [-0.05, 0) is 38.1 Å². The minimum Gasteiger partial charge on any atom is -0.390 e. The number of aliphatic hydroxyl groups is 1. The van der Waals surface area contributed by atoms with Crippen molar-refractivity contribution in [2.45, 2.75) is 44.9 Å². The molecule has 4 atom stereocenters. The Morgan fingerprint density at radius 2 is 2.00 bits per heavy atom. The fourth-order valence-corrected chi connectivity index (χ4v) is 4.94. The second-order valence-corrected chi connectivity index (χ2v) is 8.13. The zero-order chi connectivity index (χ0) is 19.0. The molecular formula is C18H28N6O3. The molecule has 0 aliphatic carbocycles. The molecule has 1 unspecified atom stereocenters. The SMILES string of the molecule is NC(=O)C1CCN(C(=O)[C@H]2CN3CC[C@H]2C[C@@H]3Cn2cc(CO)nn2)CC1. The number of hydrogen-bond acceptors (Lipinski definition) is 6. The fraction of sp³-hybridized carbons (Fsp3) is 0.778. The maximum atomic E-state index is 13.1. The van der Waals surface area contributed by atoms with Gasteiger partial charge in [0, 0.05) is 31.6 Å². The van der Waals surface area contributed by atoms with E-state index in [1.54, 1.807) is 10.9 Å². The van der Waals surface area contributed by atoms with E-state index in [0.29, 0.717) is 43.6 Å². The summed E-state index contributed by atoms with van der Waals surface area (Å²) in [7, 11) is 0. The lowest BCUT2D eigenvalue weighted by Crippen LogP contribution is -2.59. The summed E-state index contributed by atoms with van der Waals surface area (Å²) in [5.74, 6) is 0.377. The van der Waals surface area contributed by atoms with Gasteiger partial charge in [0.25, 0.3) is 0 Å². The molecule has 0 radical (unpaired) electrons. The first-order chi connectivity index (χ1) is 13.0. The lowest BCUT2D eigenvalue weighted by molar-refractivity contribution is -0.146. The number of likely N-dealkylation sites (tertiary alicyclic amines) is 1. The predicted molar refractivity (Wildman–Crippen MR) is 96.0 cm³/mol. The summed E-state index contributed by atoms with van der Waals surface area (Å²) >= 11 is 0. The first-order valence-corrected chi connectivity index (χ1v) is 9.87. The third-order valence-electron chi connectivity index (χ3n) is 6.55. The zero-order valence-corrected chi connectivity index (χ0v) is 15.5. The Morgan fingerprint density at radius 3 is 2.59 bits per heavy atom. The molecule has 4 fully saturated rings. The summed E-state index contributed by atoms with van der Waals surface area (Å²) in [5.41, 5.74) is 5.98. The van der Waals surface area contributed by atoms with E-state index in [1.807, 2.05) is 4.90 Å². The van der Waals surface area contributed by atoms with Crippen molar-refractivity contribution in [3.8, 4) is 0 Å². The standard InChI is InChI=1S/C18H28N6O3/c19-17(26)12-1-4-22(5-2-12)18(27)16-10-23-6-3-13(16)7-15(23)9-24-8-14(11-25)20-21-24/h8,12-13,15-16,25H,1-7,9-11H2,(H2,19,26)/t13-,15+,16-/m0/s1. The third-order valence-corrected chi connectivity index (χ3v) is 6.55. The van der Waals surface area contributed by atoms with Gasteiger partial charge in [0.15, 0.2) is 0 Å². The highest BCUT2D eigenvalue weighted by atomic mass is 16.3. The first-order valence-electron chi connectivity index (χ1n) is 9.87. The van der Waals surface area contributed by atoms with Crippen molar-refractivity contribution in [2.24, 2.45) is 23.5 Å². The Hall–Kier alpha value is -2.00. The Kier molecular flexibility index (Phi) is 5.14. The van der Waals surface area contributed by atoms with Gasteiger partial charge in [0.2, 0.25) is 11.8 Å². The molecule has 4 aliphatic rings. The molecule has 0 saturated carbocycles. The average Bonchev–Trinajstić information content (AvgIpc) is 3.15. The number of aromatic nitrogens is 3. The molecule has 9 nitrogen and oxygen atoms in total. The summed E-state index contributed by atoms with van der Waals surface area (Å²) in [6.45, 7) is 3.74. The van der Waals surface area contributed by atoms with Crippen LogP contribution in [0.25, 0.3) is 0 Å². The van der Waals surface area contributed by atoms with Gasteiger partial charge in [-0.15, -0.1) is 5.10 Å². The number of carbonyl (C=O) groups is 2. The van der Waals surface area contributed by atoms with Crippen LogP contribution in [0.5, 0.6) is 0 Å². The molecule has 5 rings (SSSR count). The van der Waals surface area contributed by atoms with Crippen LogP contribution in [-0.4, -0.2) is 73.9 Å². The molecule has 4 aliphatic heterocycles. The van der Waals surface area contributed by atoms with E-state index < -0.39 is 0 Å². The largest absolute Gasteiger partial charge is 0.390 e. The van der Waals surface area contributed by atoms with Gasteiger partial charge in [-0.3, -0.25) is 19.2 Å². The number of nitrogens with zero attached hydrogens (tertiary/aromatic N) is 5. The second-order valence-electron chi connectivity index (χ2n) is 8.13. The Bertz CT molecular complexity index is 699. The Labute approximate surface area is 158 Å². The van der Waals surface area contributed by atoms with Crippen molar-refractivity contribution in [1.29, 1.82) is 0 Å². The molecule has 9 heteroatoms. The first kappa shape index (κ1) is 18.4. The molecule has 5 heterocycles. The van der Waals surface area contributed by atoms with E-state index >= 15 is 0 Å². The van der Waals surface area contributed by atoms with Crippen LogP contribution in [0.1, 0.15) is 31.4 Å². The highest BCUT2D eigenvalue weighted by Gasteiger charge is 2.45. The predicted octanol–water partition coefficient (Wildman–Crippen LogP) is -0.795. The number of piperidine rings is 4. The molecule has 0 spiro atoms. The number of nitrogens with two attached hydrogens (primary N) is 1. The summed E-state index contributed by atoms with van der Waals surface area (Å²) < 4.78 is 1.79. The molecular weight excluding hydrogens is 348 g/mol. The average molecular weight is 376 g/mol. The van der Waals surface area contributed by atoms with E-state index in [1.165, 1.54) is 0 Å². The van der Waals surface area contributed by atoms with Crippen LogP contribution < -0.4 is 5.73 Å². The van der Waals surface area contributed by atoms with Crippen molar-refractivity contribution >= 4 is 11.8 Å². The minimum atomic E-state index is -0.245. The number of amides is 2. The van der Waals surface area contributed by atoms with Gasteiger partial charge in [-0.1, -0.05) is 5.21 Å². The summed E-state index contributed by atoms with van der Waals surface area (Å²) in [6.07, 6.45) is 5.20. The second kappa shape index (κ2) is 7.55. The lowest BCUT2D eigenvalue weighted by Gasteiger charge is -2.50. The van der Waals surface area contributed by atoms with Crippen LogP contribution in [-0.2, 0) is 22.7 Å². The van der Waals surface area contributed by atoms with E-state index in [4.69, 9.17) is 10.8 Å². The summed E-state index contributed by atoms with van der Waals surface area (Å²) in [5, 5.41) is 17.2. The van der Waals surface area contributed by atoms with Gasteiger partial charge < -0.3 is 15.7 Å². The van der Waals surface area contributed by atoms with Crippen molar-refractivity contribution < 1.29 is 14.7 Å². The highest BCUT2D eigenvalue weighted by molar-refractivity contribution is 5.81. The molecule has 3 N–H and O–H groups in total. The van der Waals surface area contributed by atoms with Crippen molar-refractivity contribution in [3.05, 3.63) is 11.9 Å². The van der Waals surface area contributed by atoms with Crippen molar-refractivity contribution in [1.82, 2.24) is 24.8 Å². The molecule has 2 amide bonds. The monoisotopic (exact) mass is 376 g/mol. The fourth-order valence-electron chi connectivity index (χ4n) is 4.94. The normalized spacial score (nSPS) is 31.2. The smallest absolute Gasteiger partial charge is 0.227 e. The van der Waals surface area contributed by atoms with E-state index in [-0.39, 0.29) is 30.3 Å². The van der Waals surface area contributed by atoms with Crippen LogP contribution in [0.4, 0.5) is 0 Å². The maximum Gasteiger partial charge on any atom is 0.227 e. The van der Waals surface area contributed by atoms with Gasteiger partial charge >= 0.3 is 0 Å². The summed E-state index contributed by atoms with van der Waals surface area (Å²) in [6, 6.07) is 0.363. The van der Waals surface area contributed by atoms with E-state index in [9.17, 15) is 9.59 Å². The highest BCUT2D eigenvalue weighted by Crippen LogP contribution is 2.38. The summed E-state index contributed by atoms with van der Waals surface area (Å²) in [4.78, 5) is 28.7. The molecule has 0 aromatic carbocycles. The van der Waals surface area contributed by atoms with Gasteiger partial charge in [0.05, 0.1) is 25.3 Å². The van der Waals surface area contributed by atoms with Crippen molar-refractivity contribution in [2.75, 3.05) is 26.2 Å². The number of fused-ring (bicyclic) bond motifs is 3. The number of aliphatic hydroxyl groups excluding tert-OH is 1. The van der Waals surface area contributed by atoms with Gasteiger partial charge in [-0.2, -0.15) is 0 Å². The molecule has 2 bridgehead atoms. The van der Waals surface area contributed by atoms with Crippen LogP contribution >= 0.6 is 0 Å². The molecule has 4 saturated heterocycles. The molecule has 1 aromatic heterocycles. The number of primary amides is 1. The quantitative estimate of drug-likeness (QED) is 0.695. The topological polar surface area (TPSA) is 118 Å². The Balaban J connectivity index is 1.34. The van der Waals surface area contributed by atoms with E-state index in [0.717, 1.165) is 32.5 Å². The number of rotatable bonds is 5. The Morgan fingerprint density at radius 1 is 1.22 bits per heavy atom. The molecule has 27 heavy (non-hydrogen) atoms. The number of hydrogen-bond donors (Lipinski definition) is 2. The van der Waals surface area contributed by atoms with Gasteiger partial charge in [-0.25, -0.2) is 0 Å². The van der Waals surface area contributed by atoms with Crippen LogP contribution in [0.2, 0.25) is 0 Å². The minimum absolute atomic E-state index is 0.0591. The van der Waals surface area contributed by atoms with Crippen LogP contribution in [0.3, 0.4) is 0 Å². The maximum absolute atomic E-state index is 13.1. The number of carbonyl (C=O) groups excluding carboxylic acids is 2. The molecule has 148 valence electrons. The van der Waals surface area contributed by atoms with Crippen LogP contribution in [0, 0.1) is 17.8 Å². The van der Waals surface area contributed by atoms with Crippen molar-refractivity contribution in [3.63, 3.8) is 0 Å². The van der Waals surface area contributed by atoms with E-state index in [2.05, 4.69) is 15.2 Å². The van der Waals surface area contributed by atoms with Gasteiger partial charge in [0.1, 0.15) is 5.69 Å². The van der Waals surface area contributed by atoms with Crippen LogP contribution in [0.15, 0.2) is 6.20 Å². The lowest BCUT2D eigenvalue weighted by atomic mass is 9.74. The zero-order valence-electron chi connectivity index (χ0n) is 15.5. The third kappa shape index (κ3) is 3.70.